The second-order valence-electron chi connectivity index (χ2n) is 5.98. The van der Waals surface area contributed by atoms with Crippen LogP contribution in [0.25, 0.3) is 0 Å². The van der Waals surface area contributed by atoms with Gasteiger partial charge in [0.2, 0.25) is 0 Å². The smallest absolute Gasteiger partial charge is 0.258 e. The lowest BCUT2D eigenvalue weighted by atomic mass is 10.00. The maximum Gasteiger partial charge on any atom is 0.258 e. The Balaban J connectivity index is 2.09. The summed E-state index contributed by atoms with van der Waals surface area (Å²) < 4.78 is 0. The molecule has 0 spiro atoms. The first-order valence-electron chi connectivity index (χ1n) is 7.86. The van der Waals surface area contributed by atoms with E-state index in [0.717, 1.165) is 23.2 Å². The number of carbonyl (C=O) groups excluding carboxylic acids is 1. The summed E-state index contributed by atoms with van der Waals surface area (Å²) in [4.78, 5) is 14.9. The van der Waals surface area contributed by atoms with E-state index < -0.39 is 0 Å². The summed E-state index contributed by atoms with van der Waals surface area (Å²) in [5.41, 5.74) is 4.00. The second kappa shape index (κ2) is 5.84. The van der Waals surface area contributed by atoms with Crippen molar-refractivity contribution in [1.29, 1.82) is 0 Å². The molecule has 1 amide bonds. The molecule has 0 aromatic heterocycles. The highest BCUT2D eigenvalue weighted by Gasteiger charge is 2.35. The standard InChI is InChI=1S/C19H22N2O/c1-4-14(3)21-18(15-9-7-8-13(2)12-15)20-17-11-6-5-10-16(17)19(21)22/h5-12,14,18,20H,4H2,1-3H3. The van der Waals surface area contributed by atoms with Gasteiger partial charge in [0.1, 0.15) is 6.17 Å². The van der Waals surface area contributed by atoms with Crippen LogP contribution in [0.2, 0.25) is 0 Å². The van der Waals surface area contributed by atoms with Crippen LogP contribution in [0.3, 0.4) is 0 Å². The first-order valence-corrected chi connectivity index (χ1v) is 7.86. The number of fused-ring (bicyclic) bond motifs is 1. The molecule has 0 saturated heterocycles. The van der Waals surface area contributed by atoms with Gasteiger partial charge in [-0.3, -0.25) is 4.79 Å². The van der Waals surface area contributed by atoms with Crippen molar-refractivity contribution in [2.45, 2.75) is 39.4 Å². The Morgan fingerprint density at radius 3 is 2.68 bits per heavy atom. The molecule has 3 nitrogen and oxygen atoms in total. The molecule has 22 heavy (non-hydrogen) atoms. The van der Waals surface area contributed by atoms with Crippen molar-refractivity contribution in [3.05, 3.63) is 65.2 Å². The van der Waals surface area contributed by atoms with Gasteiger partial charge in [0.25, 0.3) is 5.91 Å². The van der Waals surface area contributed by atoms with Crippen molar-refractivity contribution in [3.8, 4) is 0 Å². The molecule has 3 heteroatoms. The van der Waals surface area contributed by atoms with Gasteiger partial charge >= 0.3 is 0 Å². The van der Waals surface area contributed by atoms with Gasteiger partial charge in [0, 0.05) is 11.7 Å². The van der Waals surface area contributed by atoms with Gasteiger partial charge in [-0.1, -0.05) is 48.9 Å². The zero-order chi connectivity index (χ0) is 15.7. The molecule has 0 radical (unpaired) electrons. The van der Waals surface area contributed by atoms with E-state index in [4.69, 9.17) is 0 Å². The Hall–Kier alpha value is -2.29. The molecule has 0 fully saturated rings. The van der Waals surface area contributed by atoms with E-state index >= 15 is 0 Å². The number of hydrogen-bond acceptors (Lipinski definition) is 2. The molecule has 1 N–H and O–H groups in total. The average molecular weight is 294 g/mol. The molecule has 0 aliphatic carbocycles. The van der Waals surface area contributed by atoms with E-state index in [-0.39, 0.29) is 18.1 Å². The van der Waals surface area contributed by atoms with Crippen LogP contribution in [0.1, 0.15) is 47.9 Å². The molecule has 114 valence electrons. The van der Waals surface area contributed by atoms with Crippen molar-refractivity contribution in [2.75, 3.05) is 5.32 Å². The molecule has 3 rings (SSSR count). The van der Waals surface area contributed by atoms with Crippen LogP contribution >= 0.6 is 0 Å². The van der Waals surface area contributed by atoms with E-state index in [1.54, 1.807) is 0 Å². The van der Waals surface area contributed by atoms with Crippen molar-refractivity contribution in [1.82, 2.24) is 4.90 Å². The lowest BCUT2D eigenvalue weighted by Crippen LogP contribution is -2.47. The normalized spacial score (nSPS) is 18.6. The topological polar surface area (TPSA) is 32.3 Å². The highest BCUT2D eigenvalue weighted by molar-refractivity contribution is 6.01. The van der Waals surface area contributed by atoms with Crippen LogP contribution in [-0.4, -0.2) is 16.8 Å². The first-order chi connectivity index (χ1) is 10.6. The molecule has 1 heterocycles. The molecule has 1 aliphatic heterocycles. The Morgan fingerprint density at radius 1 is 1.18 bits per heavy atom. The van der Waals surface area contributed by atoms with Gasteiger partial charge in [-0.05, 0) is 38.0 Å². The molecule has 0 saturated carbocycles. The Bertz CT molecular complexity index is 695. The average Bonchev–Trinajstić information content (AvgIpc) is 2.54. The molecule has 0 bridgehead atoms. The van der Waals surface area contributed by atoms with Crippen LogP contribution in [0.15, 0.2) is 48.5 Å². The van der Waals surface area contributed by atoms with Crippen molar-refractivity contribution >= 4 is 11.6 Å². The van der Waals surface area contributed by atoms with Crippen molar-refractivity contribution in [2.24, 2.45) is 0 Å². The number of nitrogens with one attached hydrogen (secondary N) is 1. The second-order valence-corrected chi connectivity index (χ2v) is 5.98. The lowest BCUT2D eigenvalue weighted by molar-refractivity contribution is 0.0593. The van der Waals surface area contributed by atoms with Gasteiger partial charge in [0.15, 0.2) is 0 Å². The maximum absolute atomic E-state index is 13.0. The van der Waals surface area contributed by atoms with Crippen LogP contribution in [0, 0.1) is 6.92 Å². The minimum atomic E-state index is -0.114. The van der Waals surface area contributed by atoms with Crippen LogP contribution < -0.4 is 5.32 Å². The number of hydrogen-bond donors (Lipinski definition) is 1. The van der Waals surface area contributed by atoms with Crippen LogP contribution in [0.4, 0.5) is 5.69 Å². The highest BCUT2D eigenvalue weighted by atomic mass is 16.2. The molecule has 2 aromatic carbocycles. The number of amides is 1. The number of aryl methyl sites for hydroxylation is 1. The number of nitrogens with zero attached hydrogens (tertiary/aromatic N) is 1. The van der Waals surface area contributed by atoms with E-state index in [0.29, 0.717) is 0 Å². The fourth-order valence-electron chi connectivity index (χ4n) is 3.00. The van der Waals surface area contributed by atoms with Crippen LogP contribution in [-0.2, 0) is 0 Å². The summed E-state index contributed by atoms with van der Waals surface area (Å²) in [5, 5.41) is 3.54. The molecule has 2 aromatic rings. The summed E-state index contributed by atoms with van der Waals surface area (Å²) in [7, 11) is 0. The summed E-state index contributed by atoms with van der Waals surface area (Å²) in [5.74, 6) is 0.107. The number of para-hydroxylation sites is 1. The van der Waals surface area contributed by atoms with Gasteiger partial charge in [-0.2, -0.15) is 0 Å². The summed E-state index contributed by atoms with van der Waals surface area (Å²) in [6, 6.07) is 16.3. The molecular formula is C19H22N2O. The zero-order valence-corrected chi connectivity index (χ0v) is 13.3. The SMILES string of the molecule is CCC(C)N1C(=O)c2ccccc2NC1c1cccc(C)c1. The van der Waals surface area contributed by atoms with Crippen LogP contribution in [0.5, 0.6) is 0 Å². The first kappa shape index (κ1) is 14.6. The van der Waals surface area contributed by atoms with Gasteiger partial charge in [-0.15, -0.1) is 0 Å². The summed E-state index contributed by atoms with van der Waals surface area (Å²) in [6.45, 7) is 6.30. The quantitative estimate of drug-likeness (QED) is 0.912. The number of benzene rings is 2. The third-order valence-electron chi connectivity index (χ3n) is 4.39. The van der Waals surface area contributed by atoms with E-state index in [9.17, 15) is 4.79 Å². The largest absolute Gasteiger partial charge is 0.361 e. The fourth-order valence-corrected chi connectivity index (χ4v) is 3.00. The van der Waals surface area contributed by atoms with Gasteiger partial charge < -0.3 is 10.2 Å². The lowest BCUT2D eigenvalue weighted by Gasteiger charge is -2.41. The number of rotatable bonds is 3. The fraction of sp³-hybridized carbons (Fsp3) is 0.316. The number of carbonyl (C=O) groups is 1. The Morgan fingerprint density at radius 2 is 1.95 bits per heavy atom. The van der Waals surface area contributed by atoms with Crippen molar-refractivity contribution < 1.29 is 4.79 Å². The summed E-state index contributed by atoms with van der Waals surface area (Å²) >= 11 is 0. The Kier molecular flexibility index (Phi) is 3.88. The maximum atomic E-state index is 13.0. The Labute approximate surface area is 132 Å². The van der Waals surface area contributed by atoms with E-state index in [1.165, 1.54) is 5.56 Å². The minimum absolute atomic E-state index is 0.107. The molecule has 2 unspecified atom stereocenters. The van der Waals surface area contributed by atoms with Gasteiger partial charge in [0.05, 0.1) is 5.56 Å². The van der Waals surface area contributed by atoms with Crippen molar-refractivity contribution in [3.63, 3.8) is 0 Å². The number of anilines is 1. The third-order valence-corrected chi connectivity index (χ3v) is 4.39. The minimum Gasteiger partial charge on any atom is -0.361 e. The van der Waals surface area contributed by atoms with E-state index in [1.807, 2.05) is 35.2 Å². The molecular weight excluding hydrogens is 272 g/mol. The zero-order valence-electron chi connectivity index (χ0n) is 13.3. The molecule has 2 atom stereocenters. The predicted molar refractivity (Wildman–Crippen MR) is 89.9 cm³/mol. The highest BCUT2D eigenvalue weighted by Crippen LogP contribution is 2.35. The van der Waals surface area contributed by atoms with Gasteiger partial charge in [-0.25, -0.2) is 0 Å². The monoisotopic (exact) mass is 294 g/mol. The van der Waals surface area contributed by atoms with E-state index in [2.05, 4.69) is 44.3 Å². The summed E-state index contributed by atoms with van der Waals surface area (Å²) in [6.07, 6.45) is 0.815. The molecule has 1 aliphatic rings. The third kappa shape index (κ3) is 2.47. The predicted octanol–water partition coefficient (Wildman–Crippen LogP) is 4.36.